The number of hydrogen-bond donors (Lipinski definition) is 1. The van der Waals surface area contributed by atoms with Crippen LogP contribution in [0.4, 0.5) is 0 Å². The predicted octanol–water partition coefficient (Wildman–Crippen LogP) is 3.65. The van der Waals surface area contributed by atoms with E-state index in [-0.39, 0.29) is 5.92 Å². The number of amides is 1. The van der Waals surface area contributed by atoms with Crippen LogP contribution in [-0.2, 0) is 11.3 Å². The molecule has 0 aromatic heterocycles. The van der Waals surface area contributed by atoms with E-state index in [1.54, 1.807) is 0 Å². The third-order valence-corrected chi connectivity index (χ3v) is 8.50. The van der Waals surface area contributed by atoms with Crippen LogP contribution < -0.4 is 5.73 Å². The lowest BCUT2D eigenvalue weighted by Gasteiger charge is -2.44. The van der Waals surface area contributed by atoms with Gasteiger partial charge in [0.25, 0.3) is 0 Å². The first-order valence-corrected chi connectivity index (χ1v) is 11.9. The summed E-state index contributed by atoms with van der Waals surface area (Å²) >= 11 is 0. The molecule has 4 heteroatoms. The zero-order chi connectivity index (χ0) is 19.8. The molecule has 1 amide bonds. The van der Waals surface area contributed by atoms with Gasteiger partial charge in [-0.05, 0) is 68.9 Å². The largest absolute Gasteiger partial charge is 0.342 e. The average Bonchev–Trinajstić information content (AvgIpc) is 3.11. The van der Waals surface area contributed by atoms with Crippen molar-refractivity contribution in [1.82, 2.24) is 9.80 Å². The summed E-state index contributed by atoms with van der Waals surface area (Å²) in [7, 11) is 0. The van der Waals surface area contributed by atoms with E-state index in [1.807, 2.05) is 0 Å². The van der Waals surface area contributed by atoms with Gasteiger partial charge in [0.2, 0.25) is 5.91 Å². The monoisotopic (exact) mass is 395 g/mol. The quantitative estimate of drug-likeness (QED) is 0.850. The molecule has 1 aromatic carbocycles. The highest BCUT2D eigenvalue weighted by Gasteiger charge is 2.46. The third kappa shape index (κ3) is 3.98. The fourth-order valence-electron chi connectivity index (χ4n) is 6.99. The molecule has 4 nitrogen and oxygen atoms in total. The third-order valence-electron chi connectivity index (χ3n) is 8.50. The summed E-state index contributed by atoms with van der Waals surface area (Å²) in [5.74, 6) is 1.86. The van der Waals surface area contributed by atoms with Crippen LogP contribution in [0.15, 0.2) is 30.3 Å². The molecule has 2 N–H and O–H groups in total. The van der Waals surface area contributed by atoms with Gasteiger partial charge in [-0.25, -0.2) is 0 Å². The van der Waals surface area contributed by atoms with Gasteiger partial charge in [0, 0.05) is 43.6 Å². The zero-order valence-corrected chi connectivity index (χ0v) is 17.8. The fourth-order valence-corrected chi connectivity index (χ4v) is 6.99. The van der Waals surface area contributed by atoms with Gasteiger partial charge in [-0.3, -0.25) is 9.69 Å². The van der Waals surface area contributed by atoms with Crippen molar-refractivity contribution >= 4 is 5.91 Å². The molecule has 1 aromatic rings. The van der Waals surface area contributed by atoms with E-state index in [2.05, 4.69) is 40.1 Å². The molecule has 3 atom stereocenters. The smallest absolute Gasteiger partial charge is 0.225 e. The summed E-state index contributed by atoms with van der Waals surface area (Å²) < 4.78 is 0. The molecule has 2 heterocycles. The molecule has 2 saturated carbocycles. The van der Waals surface area contributed by atoms with E-state index < -0.39 is 0 Å². The molecule has 2 aliphatic carbocycles. The molecule has 5 rings (SSSR count). The van der Waals surface area contributed by atoms with E-state index in [4.69, 9.17) is 5.73 Å². The van der Waals surface area contributed by atoms with Crippen LogP contribution in [0.5, 0.6) is 0 Å². The predicted molar refractivity (Wildman–Crippen MR) is 116 cm³/mol. The van der Waals surface area contributed by atoms with Gasteiger partial charge < -0.3 is 10.6 Å². The van der Waals surface area contributed by atoms with Crippen LogP contribution in [0.1, 0.15) is 56.9 Å². The Balaban J connectivity index is 1.21. The minimum atomic E-state index is 0.240. The van der Waals surface area contributed by atoms with Crippen LogP contribution in [-0.4, -0.2) is 47.9 Å². The Morgan fingerprint density at radius 2 is 1.76 bits per heavy atom. The van der Waals surface area contributed by atoms with Crippen molar-refractivity contribution in [1.29, 1.82) is 0 Å². The van der Waals surface area contributed by atoms with Crippen molar-refractivity contribution in [3.63, 3.8) is 0 Å². The lowest BCUT2D eigenvalue weighted by atomic mass is 9.65. The number of carbonyl (C=O) groups is 1. The summed E-state index contributed by atoms with van der Waals surface area (Å²) in [6.07, 6.45) is 9.59. The average molecular weight is 396 g/mol. The summed E-state index contributed by atoms with van der Waals surface area (Å²) in [5, 5.41) is 0. The normalized spacial score (nSPS) is 37.8. The first kappa shape index (κ1) is 19.6. The van der Waals surface area contributed by atoms with Crippen molar-refractivity contribution in [2.24, 2.45) is 28.9 Å². The Labute approximate surface area is 175 Å². The molecule has 3 unspecified atom stereocenters. The molecular formula is C25H37N3O. The second-order valence-corrected chi connectivity index (χ2v) is 10.5. The number of rotatable bonds is 3. The maximum atomic E-state index is 13.4. The number of benzene rings is 1. The van der Waals surface area contributed by atoms with Gasteiger partial charge in [0.1, 0.15) is 0 Å². The van der Waals surface area contributed by atoms with Crippen molar-refractivity contribution < 1.29 is 4.79 Å². The Kier molecular flexibility index (Phi) is 5.42. The lowest BCUT2D eigenvalue weighted by molar-refractivity contribution is -0.138. The maximum Gasteiger partial charge on any atom is 0.225 e. The van der Waals surface area contributed by atoms with Gasteiger partial charge in [-0.1, -0.05) is 36.8 Å². The SMILES string of the molecule is NC1C2CCCC1CC(C(=O)N1CCC3(CCCN(Cc4ccccc4)C3)C1)C2. The van der Waals surface area contributed by atoms with Gasteiger partial charge in [0.05, 0.1) is 0 Å². The Morgan fingerprint density at radius 1 is 1.00 bits per heavy atom. The summed E-state index contributed by atoms with van der Waals surface area (Å²) in [5.41, 5.74) is 8.19. The molecule has 2 aliphatic heterocycles. The minimum absolute atomic E-state index is 0.240. The Hall–Kier alpha value is -1.39. The number of carbonyl (C=O) groups excluding carboxylic acids is 1. The number of hydrogen-bond acceptors (Lipinski definition) is 3. The highest BCUT2D eigenvalue weighted by Crippen LogP contribution is 2.44. The highest BCUT2D eigenvalue weighted by molar-refractivity contribution is 5.79. The number of piperidine rings is 1. The summed E-state index contributed by atoms with van der Waals surface area (Å²) in [4.78, 5) is 18.3. The number of likely N-dealkylation sites (tertiary alicyclic amines) is 2. The molecular weight excluding hydrogens is 358 g/mol. The number of nitrogens with zero attached hydrogens (tertiary/aromatic N) is 2. The van der Waals surface area contributed by atoms with Crippen LogP contribution in [0.3, 0.4) is 0 Å². The molecule has 1 spiro atoms. The minimum Gasteiger partial charge on any atom is -0.342 e. The molecule has 2 saturated heterocycles. The van der Waals surface area contributed by atoms with Gasteiger partial charge in [-0.2, -0.15) is 0 Å². The van der Waals surface area contributed by atoms with Crippen molar-refractivity contribution in [3.8, 4) is 0 Å². The first-order chi connectivity index (χ1) is 14.1. The summed E-state index contributed by atoms with van der Waals surface area (Å²) in [6, 6.07) is 11.2. The molecule has 158 valence electrons. The molecule has 2 bridgehead atoms. The van der Waals surface area contributed by atoms with Gasteiger partial charge in [0.15, 0.2) is 0 Å². The van der Waals surface area contributed by atoms with E-state index in [9.17, 15) is 4.79 Å². The van der Waals surface area contributed by atoms with Crippen molar-refractivity contribution in [2.45, 2.75) is 64.0 Å². The maximum absolute atomic E-state index is 13.4. The standard InChI is InChI=1S/C25H37N3O/c26-23-20-8-4-9-21(23)15-22(14-20)24(29)28-13-11-25(18-28)10-5-12-27(17-25)16-19-6-2-1-3-7-19/h1-3,6-7,20-23H,4-5,8-18,26H2. The van der Waals surface area contributed by atoms with Gasteiger partial charge >= 0.3 is 0 Å². The van der Waals surface area contributed by atoms with Crippen molar-refractivity contribution in [2.75, 3.05) is 26.2 Å². The topological polar surface area (TPSA) is 49.6 Å². The van der Waals surface area contributed by atoms with E-state index >= 15 is 0 Å². The van der Waals surface area contributed by atoms with E-state index in [0.717, 1.165) is 39.0 Å². The fraction of sp³-hybridized carbons (Fsp3) is 0.720. The molecule has 0 radical (unpaired) electrons. The second-order valence-electron chi connectivity index (χ2n) is 10.5. The van der Waals surface area contributed by atoms with Crippen LogP contribution in [0, 0.1) is 23.2 Å². The van der Waals surface area contributed by atoms with Crippen LogP contribution in [0.2, 0.25) is 0 Å². The number of fused-ring (bicyclic) bond motifs is 2. The molecule has 4 aliphatic rings. The van der Waals surface area contributed by atoms with Crippen molar-refractivity contribution in [3.05, 3.63) is 35.9 Å². The first-order valence-electron chi connectivity index (χ1n) is 11.9. The zero-order valence-electron chi connectivity index (χ0n) is 17.8. The highest BCUT2D eigenvalue weighted by atomic mass is 16.2. The van der Waals surface area contributed by atoms with E-state index in [0.29, 0.717) is 29.2 Å². The number of nitrogens with two attached hydrogens (primary N) is 1. The molecule has 29 heavy (non-hydrogen) atoms. The molecule has 4 fully saturated rings. The Morgan fingerprint density at radius 3 is 2.52 bits per heavy atom. The van der Waals surface area contributed by atoms with E-state index in [1.165, 1.54) is 50.6 Å². The Bertz CT molecular complexity index is 708. The second kappa shape index (κ2) is 8.03. The van der Waals surface area contributed by atoms with Crippen LogP contribution >= 0.6 is 0 Å². The lowest BCUT2D eigenvalue weighted by Crippen LogP contribution is -2.50. The van der Waals surface area contributed by atoms with Crippen LogP contribution in [0.25, 0.3) is 0 Å². The van der Waals surface area contributed by atoms with Gasteiger partial charge in [-0.15, -0.1) is 0 Å². The summed E-state index contributed by atoms with van der Waals surface area (Å²) in [6.45, 7) is 5.33.